The summed E-state index contributed by atoms with van der Waals surface area (Å²) in [5, 5.41) is 1.02. The van der Waals surface area contributed by atoms with Gasteiger partial charge in [0.25, 0.3) is 0 Å². The third kappa shape index (κ3) is 5.52. The van der Waals surface area contributed by atoms with Gasteiger partial charge in [-0.1, -0.05) is 60.4 Å². The van der Waals surface area contributed by atoms with Gasteiger partial charge in [0.05, 0.1) is 5.56 Å². The number of aryl methyl sites for hydroxylation is 1. The Morgan fingerprint density at radius 1 is 0.829 bits per heavy atom. The number of rotatable bonds is 6. The van der Waals surface area contributed by atoms with Crippen molar-refractivity contribution < 1.29 is 26.7 Å². The van der Waals surface area contributed by atoms with E-state index < -0.39 is 29.8 Å². The van der Waals surface area contributed by atoms with Crippen LogP contribution in [0.1, 0.15) is 23.1 Å². The number of alkyl halides is 2. The van der Waals surface area contributed by atoms with Gasteiger partial charge < -0.3 is 4.74 Å². The highest BCUT2D eigenvalue weighted by molar-refractivity contribution is 5.89. The summed E-state index contributed by atoms with van der Waals surface area (Å²) in [6.07, 6.45) is 3.70. The molecule has 4 rings (SSSR count). The van der Waals surface area contributed by atoms with Crippen LogP contribution in [0.3, 0.4) is 0 Å². The van der Waals surface area contributed by atoms with E-state index in [1.807, 2.05) is 30.3 Å². The second-order valence-electron chi connectivity index (χ2n) is 7.78. The molecular formula is C29H19F5O. The number of halogens is 5. The molecule has 35 heavy (non-hydrogen) atoms. The summed E-state index contributed by atoms with van der Waals surface area (Å²) in [5.41, 5.74) is 3.03. The minimum Gasteiger partial charge on any atom is -0.429 e. The zero-order chi connectivity index (χ0) is 24.9. The fourth-order valence-corrected chi connectivity index (χ4v) is 3.67. The van der Waals surface area contributed by atoms with E-state index in [2.05, 4.69) is 35.3 Å². The Hall–Kier alpha value is -4.11. The van der Waals surface area contributed by atoms with Gasteiger partial charge in [0, 0.05) is 10.9 Å². The Morgan fingerprint density at radius 2 is 1.51 bits per heavy atom. The fourth-order valence-electron chi connectivity index (χ4n) is 3.67. The second-order valence-corrected chi connectivity index (χ2v) is 7.78. The first-order valence-corrected chi connectivity index (χ1v) is 10.7. The van der Waals surface area contributed by atoms with E-state index in [9.17, 15) is 17.6 Å². The van der Waals surface area contributed by atoms with Crippen molar-refractivity contribution in [3.63, 3.8) is 0 Å². The molecule has 6 heteroatoms. The average Bonchev–Trinajstić information content (AvgIpc) is 2.84. The molecule has 4 aromatic rings. The Labute approximate surface area is 199 Å². The molecule has 1 nitrogen and oxygen atoms in total. The maximum absolute atomic E-state index is 15.1. The van der Waals surface area contributed by atoms with E-state index >= 15 is 4.39 Å². The fraction of sp³-hybridized carbons (Fsp3) is 0.103. The standard InChI is InChI=1S/C29H19F5O/c1-2-3-4-18-5-8-20(9-6-18)22-13-14-24-23(17-22)12-11-21(27(24)32)10-7-19-15-25(30)28(26(31)16-19)35-29(33)34/h2,5-6,8-9,11-17,29H,1,3-4H2. The summed E-state index contributed by atoms with van der Waals surface area (Å²) in [6.45, 7) is 0.362. The van der Waals surface area contributed by atoms with Gasteiger partial charge in [0.2, 0.25) is 0 Å². The second kappa shape index (κ2) is 10.4. The van der Waals surface area contributed by atoms with Crippen molar-refractivity contribution in [1.29, 1.82) is 0 Å². The number of ether oxygens (including phenoxy) is 1. The summed E-state index contributed by atoms with van der Waals surface area (Å²) >= 11 is 0. The molecule has 0 aliphatic rings. The van der Waals surface area contributed by atoms with Gasteiger partial charge in [-0.25, -0.2) is 13.2 Å². The van der Waals surface area contributed by atoms with Gasteiger partial charge in [-0.15, -0.1) is 6.58 Å². The molecule has 0 N–H and O–H groups in total. The monoisotopic (exact) mass is 478 g/mol. The van der Waals surface area contributed by atoms with Gasteiger partial charge >= 0.3 is 6.61 Å². The topological polar surface area (TPSA) is 9.23 Å². The molecule has 0 saturated heterocycles. The van der Waals surface area contributed by atoms with Gasteiger partial charge in [-0.3, -0.25) is 0 Å². The molecule has 0 radical (unpaired) electrons. The lowest BCUT2D eigenvalue weighted by Crippen LogP contribution is -2.06. The first-order valence-electron chi connectivity index (χ1n) is 10.7. The number of fused-ring (bicyclic) bond motifs is 1. The van der Waals surface area contributed by atoms with Gasteiger partial charge in [0.1, 0.15) is 5.82 Å². The van der Waals surface area contributed by atoms with Crippen LogP contribution in [0, 0.1) is 29.3 Å². The van der Waals surface area contributed by atoms with Gasteiger partial charge in [-0.2, -0.15) is 8.78 Å². The maximum Gasteiger partial charge on any atom is 0.387 e. The average molecular weight is 478 g/mol. The van der Waals surface area contributed by atoms with Crippen molar-refractivity contribution in [2.24, 2.45) is 0 Å². The quantitative estimate of drug-likeness (QED) is 0.155. The molecule has 0 spiro atoms. The first kappa shape index (κ1) is 24.0. The largest absolute Gasteiger partial charge is 0.429 e. The smallest absolute Gasteiger partial charge is 0.387 e. The molecule has 0 aliphatic carbocycles. The Bertz CT molecular complexity index is 1420. The van der Waals surface area contributed by atoms with Crippen LogP contribution < -0.4 is 4.74 Å². The van der Waals surface area contributed by atoms with Crippen LogP contribution in [-0.4, -0.2) is 6.61 Å². The highest BCUT2D eigenvalue weighted by Gasteiger charge is 2.16. The van der Waals surface area contributed by atoms with Crippen LogP contribution in [0.25, 0.3) is 21.9 Å². The van der Waals surface area contributed by atoms with Crippen molar-refractivity contribution in [2.45, 2.75) is 19.5 Å². The molecule has 0 unspecified atom stereocenters. The maximum atomic E-state index is 15.1. The molecule has 0 heterocycles. The highest BCUT2D eigenvalue weighted by Crippen LogP contribution is 2.28. The predicted octanol–water partition coefficient (Wildman–Crippen LogP) is 8.04. The normalized spacial score (nSPS) is 10.8. The first-order chi connectivity index (χ1) is 16.9. The number of hydrogen-bond acceptors (Lipinski definition) is 1. The van der Waals surface area contributed by atoms with Crippen LogP contribution in [0.4, 0.5) is 22.0 Å². The Kier molecular flexibility index (Phi) is 7.17. The van der Waals surface area contributed by atoms with Crippen molar-refractivity contribution >= 4 is 10.8 Å². The van der Waals surface area contributed by atoms with Gasteiger partial charge in [0.15, 0.2) is 17.4 Å². The SMILES string of the molecule is C=CCCc1ccc(-c2ccc3c(F)c(C#Cc4cc(F)c(OC(F)F)c(F)c4)ccc3c2)cc1. The Morgan fingerprint density at radius 3 is 2.17 bits per heavy atom. The van der Waals surface area contributed by atoms with Crippen LogP contribution in [0.15, 0.2) is 79.4 Å². The highest BCUT2D eigenvalue weighted by atomic mass is 19.3. The molecule has 4 aromatic carbocycles. The summed E-state index contributed by atoms with van der Waals surface area (Å²) < 4.78 is 71.2. The van der Waals surface area contributed by atoms with Crippen LogP contribution in [0.2, 0.25) is 0 Å². The summed E-state index contributed by atoms with van der Waals surface area (Å²) in [7, 11) is 0. The Balaban J connectivity index is 1.61. The van der Waals surface area contributed by atoms with Crippen molar-refractivity contribution in [2.75, 3.05) is 0 Å². The van der Waals surface area contributed by atoms with E-state index in [0.29, 0.717) is 10.8 Å². The third-order valence-corrected chi connectivity index (χ3v) is 5.43. The molecular weight excluding hydrogens is 459 g/mol. The third-order valence-electron chi connectivity index (χ3n) is 5.43. The minimum atomic E-state index is -3.37. The van der Waals surface area contributed by atoms with E-state index in [1.165, 1.54) is 11.6 Å². The summed E-state index contributed by atoms with van der Waals surface area (Å²) in [5.74, 6) is 0.609. The van der Waals surface area contributed by atoms with Crippen LogP contribution in [0.5, 0.6) is 5.75 Å². The van der Waals surface area contributed by atoms with E-state index in [1.54, 1.807) is 12.1 Å². The molecule has 0 amide bonds. The molecule has 0 aliphatic heterocycles. The number of hydrogen-bond donors (Lipinski definition) is 0. The van der Waals surface area contributed by atoms with E-state index in [-0.39, 0.29) is 11.1 Å². The number of benzene rings is 4. The molecule has 0 saturated carbocycles. The van der Waals surface area contributed by atoms with Crippen LogP contribution in [-0.2, 0) is 6.42 Å². The lowest BCUT2D eigenvalue weighted by molar-refractivity contribution is -0.0546. The zero-order valence-electron chi connectivity index (χ0n) is 18.4. The van der Waals surface area contributed by atoms with Crippen LogP contribution >= 0.6 is 0 Å². The predicted molar refractivity (Wildman–Crippen MR) is 127 cm³/mol. The van der Waals surface area contributed by atoms with Crippen molar-refractivity contribution in [3.05, 3.63) is 114 Å². The van der Waals surface area contributed by atoms with Crippen molar-refractivity contribution in [1.82, 2.24) is 0 Å². The summed E-state index contributed by atoms with van der Waals surface area (Å²) in [6, 6.07) is 18.2. The molecule has 0 atom stereocenters. The van der Waals surface area contributed by atoms with E-state index in [0.717, 1.165) is 36.1 Å². The molecule has 0 fully saturated rings. The lowest BCUT2D eigenvalue weighted by Gasteiger charge is -2.08. The molecule has 0 aromatic heterocycles. The number of allylic oxidation sites excluding steroid dienone is 1. The molecule has 176 valence electrons. The molecule has 0 bridgehead atoms. The van der Waals surface area contributed by atoms with Crippen molar-refractivity contribution in [3.8, 4) is 28.7 Å². The lowest BCUT2D eigenvalue weighted by atomic mass is 9.98. The minimum absolute atomic E-state index is 0.0329. The van der Waals surface area contributed by atoms with E-state index in [4.69, 9.17) is 0 Å². The summed E-state index contributed by atoms with van der Waals surface area (Å²) in [4.78, 5) is 0. The van der Waals surface area contributed by atoms with Gasteiger partial charge in [-0.05, 0) is 59.2 Å². The zero-order valence-corrected chi connectivity index (χ0v) is 18.4.